The first-order chi connectivity index (χ1) is 14.1. The van der Waals surface area contributed by atoms with Crippen LogP contribution >= 0.6 is 0 Å². The van der Waals surface area contributed by atoms with E-state index in [1.54, 1.807) is 6.21 Å². The zero-order chi connectivity index (χ0) is 20.6. The van der Waals surface area contributed by atoms with Crippen molar-refractivity contribution in [2.75, 3.05) is 11.9 Å². The van der Waals surface area contributed by atoms with Crippen LogP contribution in [0.15, 0.2) is 46.5 Å². The molecule has 0 spiro atoms. The highest BCUT2D eigenvalue weighted by Gasteiger charge is 2.22. The lowest BCUT2D eigenvalue weighted by atomic mass is 9.91. The monoisotopic (exact) mass is 394 g/mol. The molecule has 7 N–H and O–H groups in total. The molecule has 1 saturated carbocycles. The Kier molecular flexibility index (Phi) is 6.99. The summed E-state index contributed by atoms with van der Waals surface area (Å²) in [5.41, 5.74) is 18.6. The summed E-state index contributed by atoms with van der Waals surface area (Å²) >= 11 is 0. The molecule has 9 nitrogen and oxygen atoms in total. The van der Waals surface area contributed by atoms with Crippen LogP contribution in [0.4, 0.5) is 17.3 Å². The third-order valence-electron chi connectivity index (χ3n) is 4.72. The quantitative estimate of drug-likeness (QED) is 0.523. The standard InChI is InChI=1S/C20H26N8O/c21-10-14(11-24-13-6-2-1-3-7-13)26-20-18(19(23)29)25-12-17(28-20)27-16-9-5-4-8-15(16)22/h1-3,6-7,11-12,15-16H,4-5,8-10,21-22H2,(H2,23,29)(H,27,28)/t15-,16+/m0/s1. The average Bonchev–Trinajstić information content (AvgIpc) is 2.73. The van der Waals surface area contributed by atoms with Gasteiger partial charge in [-0.25, -0.2) is 15.0 Å². The van der Waals surface area contributed by atoms with Crippen LogP contribution in [-0.4, -0.2) is 46.4 Å². The maximum atomic E-state index is 11.8. The topological polar surface area (TPSA) is 158 Å². The van der Waals surface area contributed by atoms with E-state index < -0.39 is 5.91 Å². The summed E-state index contributed by atoms with van der Waals surface area (Å²) in [5, 5.41) is 3.30. The molecule has 0 saturated heterocycles. The van der Waals surface area contributed by atoms with Gasteiger partial charge >= 0.3 is 0 Å². The molecule has 1 aliphatic rings. The number of aliphatic imine (C=N–C) groups is 2. The highest BCUT2D eigenvalue weighted by atomic mass is 16.1. The summed E-state index contributed by atoms with van der Waals surface area (Å²) in [7, 11) is 0. The fourth-order valence-electron chi connectivity index (χ4n) is 3.16. The molecule has 0 unspecified atom stereocenters. The maximum Gasteiger partial charge on any atom is 0.271 e. The first-order valence-electron chi connectivity index (χ1n) is 9.62. The van der Waals surface area contributed by atoms with Gasteiger partial charge in [-0.1, -0.05) is 31.0 Å². The van der Waals surface area contributed by atoms with Crippen LogP contribution in [0.1, 0.15) is 36.2 Å². The zero-order valence-corrected chi connectivity index (χ0v) is 16.2. The van der Waals surface area contributed by atoms with Gasteiger partial charge in [-0.3, -0.25) is 9.79 Å². The molecule has 0 aliphatic heterocycles. The fourth-order valence-corrected chi connectivity index (χ4v) is 3.16. The molecule has 1 aromatic carbocycles. The number of nitrogens with one attached hydrogen (secondary N) is 1. The number of primary amides is 1. The highest BCUT2D eigenvalue weighted by molar-refractivity contribution is 6.32. The number of nitrogens with two attached hydrogens (primary N) is 3. The van der Waals surface area contributed by atoms with Gasteiger partial charge in [-0.2, -0.15) is 0 Å². The molecule has 2 aromatic rings. The van der Waals surface area contributed by atoms with Crippen molar-refractivity contribution in [3.05, 3.63) is 42.2 Å². The lowest BCUT2D eigenvalue weighted by Gasteiger charge is -2.29. The molecule has 152 valence electrons. The Bertz CT molecular complexity index is 897. The van der Waals surface area contributed by atoms with E-state index >= 15 is 0 Å². The molecular formula is C20H26N8O. The van der Waals surface area contributed by atoms with E-state index in [1.165, 1.54) is 6.20 Å². The van der Waals surface area contributed by atoms with Crippen molar-refractivity contribution in [2.24, 2.45) is 27.2 Å². The normalized spacial score (nSPS) is 20.0. The van der Waals surface area contributed by atoms with Crippen molar-refractivity contribution in [1.29, 1.82) is 0 Å². The number of nitrogens with zero attached hydrogens (tertiary/aromatic N) is 4. The Balaban J connectivity index is 1.87. The largest absolute Gasteiger partial charge is 0.364 e. The minimum atomic E-state index is -0.714. The van der Waals surface area contributed by atoms with Crippen LogP contribution in [0.5, 0.6) is 0 Å². The summed E-state index contributed by atoms with van der Waals surface area (Å²) < 4.78 is 0. The Hall–Kier alpha value is -3.17. The molecule has 1 amide bonds. The van der Waals surface area contributed by atoms with E-state index in [2.05, 4.69) is 25.3 Å². The second-order valence-electron chi connectivity index (χ2n) is 6.89. The minimum Gasteiger partial charge on any atom is -0.364 e. The zero-order valence-electron chi connectivity index (χ0n) is 16.2. The predicted octanol–water partition coefficient (Wildman–Crippen LogP) is 1.69. The maximum absolute atomic E-state index is 11.8. The third-order valence-corrected chi connectivity index (χ3v) is 4.72. The summed E-state index contributed by atoms with van der Waals surface area (Å²) in [6.45, 7) is 0.112. The first-order valence-corrected chi connectivity index (χ1v) is 9.62. The molecule has 3 rings (SSSR count). The first kappa shape index (κ1) is 20.6. The van der Waals surface area contributed by atoms with Gasteiger partial charge in [0.25, 0.3) is 5.91 Å². The summed E-state index contributed by atoms with van der Waals surface area (Å²) in [4.78, 5) is 29.1. The minimum absolute atomic E-state index is 0.0254. The van der Waals surface area contributed by atoms with Gasteiger partial charge in [0.05, 0.1) is 23.8 Å². The van der Waals surface area contributed by atoms with Crippen LogP contribution < -0.4 is 22.5 Å². The molecule has 1 aliphatic carbocycles. The van der Waals surface area contributed by atoms with Crippen molar-refractivity contribution < 1.29 is 4.79 Å². The Labute approximate surface area is 169 Å². The number of anilines is 1. The highest BCUT2D eigenvalue weighted by Crippen LogP contribution is 2.22. The smallest absolute Gasteiger partial charge is 0.271 e. The molecule has 9 heteroatoms. The predicted molar refractivity (Wildman–Crippen MR) is 115 cm³/mol. The van der Waals surface area contributed by atoms with Gasteiger partial charge in [-0.15, -0.1) is 0 Å². The Morgan fingerprint density at radius 1 is 1.24 bits per heavy atom. The summed E-state index contributed by atoms with van der Waals surface area (Å²) in [5.74, 6) is -0.118. The van der Waals surface area contributed by atoms with Gasteiger partial charge in [-0.05, 0) is 25.0 Å². The summed E-state index contributed by atoms with van der Waals surface area (Å²) in [6.07, 6.45) is 7.16. The van der Waals surface area contributed by atoms with Crippen LogP contribution in [0, 0.1) is 0 Å². The van der Waals surface area contributed by atoms with E-state index in [0.717, 1.165) is 31.4 Å². The Morgan fingerprint density at radius 3 is 2.69 bits per heavy atom. The van der Waals surface area contributed by atoms with Gasteiger partial charge < -0.3 is 22.5 Å². The third kappa shape index (κ3) is 5.66. The van der Waals surface area contributed by atoms with Crippen LogP contribution in [0.25, 0.3) is 0 Å². The molecule has 1 fully saturated rings. The van der Waals surface area contributed by atoms with Gasteiger partial charge in [0.15, 0.2) is 11.5 Å². The van der Waals surface area contributed by atoms with Crippen molar-refractivity contribution in [3.8, 4) is 0 Å². The van der Waals surface area contributed by atoms with Crippen molar-refractivity contribution in [3.63, 3.8) is 0 Å². The second kappa shape index (κ2) is 9.85. The van der Waals surface area contributed by atoms with E-state index in [0.29, 0.717) is 11.5 Å². The van der Waals surface area contributed by atoms with Crippen LogP contribution in [0.2, 0.25) is 0 Å². The number of carbonyl (C=O) groups excluding carboxylic acids is 1. The number of hydrogen-bond acceptors (Lipinski definition) is 8. The number of carbonyl (C=O) groups is 1. The molecule has 0 radical (unpaired) electrons. The number of hydrogen-bond donors (Lipinski definition) is 4. The molecule has 0 bridgehead atoms. The van der Waals surface area contributed by atoms with Crippen molar-refractivity contribution >= 4 is 35.2 Å². The van der Waals surface area contributed by atoms with E-state index in [-0.39, 0.29) is 30.1 Å². The molecule has 2 atom stereocenters. The van der Waals surface area contributed by atoms with Gasteiger partial charge in [0.2, 0.25) is 0 Å². The lowest BCUT2D eigenvalue weighted by Crippen LogP contribution is -2.42. The van der Waals surface area contributed by atoms with Gasteiger partial charge in [0, 0.05) is 18.6 Å². The van der Waals surface area contributed by atoms with Crippen LogP contribution in [-0.2, 0) is 0 Å². The fraction of sp³-hybridized carbons (Fsp3) is 0.350. The molecule has 1 heterocycles. The van der Waals surface area contributed by atoms with Gasteiger partial charge in [0.1, 0.15) is 5.82 Å². The number of rotatable bonds is 7. The SMILES string of the molecule is NCC(C=Nc1ccccc1)=Nc1nc(N[C@@H]2CCCC[C@@H]2N)cnc1C(N)=O. The average molecular weight is 394 g/mol. The van der Waals surface area contributed by atoms with E-state index in [9.17, 15) is 4.79 Å². The second-order valence-corrected chi connectivity index (χ2v) is 6.89. The number of aromatic nitrogens is 2. The molecular weight excluding hydrogens is 368 g/mol. The van der Waals surface area contributed by atoms with Crippen molar-refractivity contribution in [1.82, 2.24) is 9.97 Å². The molecule has 29 heavy (non-hydrogen) atoms. The number of benzene rings is 1. The number of amides is 1. The van der Waals surface area contributed by atoms with E-state index in [4.69, 9.17) is 17.2 Å². The lowest BCUT2D eigenvalue weighted by molar-refractivity contribution is 0.0996. The molecule has 1 aromatic heterocycles. The van der Waals surface area contributed by atoms with E-state index in [1.807, 2.05) is 30.3 Å². The summed E-state index contributed by atoms with van der Waals surface area (Å²) in [6, 6.07) is 9.53. The Morgan fingerprint density at radius 2 is 2.00 bits per heavy atom. The number of para-hydroxylation sites is 1. The van der Waals surface area contributed by atoms with Crippen molar-refractivity contribution in [2.45, 2.75) is 37.8 Å². The van der Waals surface area contributed by atoms with Crippen LogP contribution in [0.3, 0.4) is 0 Å².